The van der Waals surface area contributed by atoms with E-state index >= 15 is 0 Å². The van der Waals surface area contributed by atoms with Crippen LogP contribution in [-0.2, 0) is 38.9 Å². The van der Waals surface area contributed by atoms with E-state index in [9.17, 15) is 13.2 Å². The average Bonchev–Trinajstić information content (AvgIpc) is 3.02. The van der Waals surface area contributed by atoms with Gasteiger partial charge in [-0.1, -0.05) is 18.2 Å². The summed E-state index contributed by atoms with van der Waals surface area (Å²) in [5.74, 6) is 0.558. The van der Waals surface area contributed by atoms with Crippen LogP contribution in [-0.4, -0.2) is 89.5 Å². The Morgan fingerprint density at radius 2 is 1.64 bits per heavy atom. The van der Waals surface area contributed by atoms with Gasteiger partial charge in [-0.25, -0.2) is 8.42 Å². The molecule has 0 unspecified atom stereocenters. The molecule has 1 heterocycles. The SMILES string of the molecule is COc1cc(C)c(S(=O)(=O)N(C)CCOCC(=O)N2CCc3ccc(CN(C)C)cc3CC2)c(C)c1. The van der Waals surface area contributed by atoms with E-state index < -0.39 is 10.0 Å². The maximum Gasteiger partial charge on any atom is 0.248 e. The summed E-state index contributed by atoms with van der Waals surface area (Å²) in [6.45, 7) is 5.96. The van der Waals surface area contributed by atoms with Crippen LogP contribution < -0.4 is 4.74 Å². The Morgan fingerprint density at radius 1 is 1.00 bits per heavy atom. The Labute approximate surface area is 215 Å². The molecule has 0 saturated carbocycles. The average molecular weight is 518 g/mol. The minimum atomic E-state index is -3.69. The summed E-state index contributed by atoms with van der Waals surface area (Å²) in [7, 11) is 3.50. The zero-order valence-electron chi connectivity index (χ0n) is 22.3. The van der Waals surface area contributed by atoms with E-state index in [-0.39, 0.29) is 30.6 Å². The number of hydrogen-bond donors (Lipinski definition) is 0. The van der Waals surface area contributed by atoms with Crippen LogP contribution in [0.3, 0.4) is 0 Å². The molecule has 1 amide bonds. The molecule has 0 N–H and O–H groups in total. The minimum absolute atomic E-state index is 0.0588. The third kappa shape index (κ3) is 6.85. The lowest BCUT2D eigenvalue weighted by Crippen LogP contribution is -2.37. The van der Waals surface area contributed by atoms with E-state index in [0.717, 1.165) is 19.4 Å². The molecule has 0 saturated heterocycles. The number of rotatable bonds is 10. The highest BCUT2D eigenvalue weighted by molar-refractivity contribution is 7.89. The number of sulfonamides is 1. The van der Waals surface area contributed by atoms with Gasteiger partial charge in [-0.2, -0.15) is 4.31 Å². The van der Waals surface area contributed by atoms with Crippen molar-refractivity contribution in [3.8, 4) is 5.75 Å². The largest absolute Gasteiger partial charge is 0.497 e. The molecule has 2 aromatic carbocycles. The van der Waals surface area contributed by atoms with Gasteiger partial charge in [0.1, 0.15) is 12.4 Å². The summed E-state index contributed by atoms with van der Waals surface area (Å²) in [5, 5.41) is 0. The number of ether oxygens (including phenoxy) is 2. The molecule has 1 aliphatic rings. The molecule has 0 bridgehead atoms. The molecule has 9 heteroatoms. The van der Waals surface area contributed by atoms with Gasteiger partial charge in [0.25, 0.3) is 0 Å². The van der Waals surface area contributed by atoms with E-state index in [0.29, 0.717) is 30.0 Å². The minimum Gasteiger partial charge on any atom is -0.497 e. The molecular formula is C27H39N3O5S. The second-order valence-electron chi connectivity index (χ2n) is 9.69. The number of likely N-dealkylation sites (N-methyl/N-ethyl adjacent to an activating group) is 1. The Bertz CT molecular complexity index is 1160. The summed E-state index contributed by atoms with van der Waals surface area (Å²) < 4.78 is 38.4. The van der Waals surface area contributed by atoms with E-state index in [2.05, 4.69) is 37.2 Å². The Balaban J connectivity index is 1.50. The second kappa shape index (κ2) is 12.2. The van der Waals surface area contributed by atoms with Crippen LogP contribution in [0.1, 0.15) is 27.8 Å². The third-order valence-corrected chi connectivity index (χ3v) is 8.70. The second-order valence-corrected chi connectivity index (χ2v) is 11.7. The molecule has 0 atom stereocenters. The van der Waals surface area contributed by atoms with Gasteiger partial charge in [0.15, 0.2) is 0 Å². The van der Waals surface area contributed by atoms with Gasteiger partial charge in [-0.15, -0.1) is 0 Å². The lowest BCUT2D eigenvalue weighted by atomic mass is 10.00. The molecular weight excluding hydrogens is 478 g/mol. The first-order valence-corrected chi connectivity index (χ1v) is 13.7. The van der Waals surface area contributed by atoms with Gasteiger partial charge < -0.3 is 19.3 Å². The van der Waals surface area contributed by atoms with Crippen LogP contribution >= 0.6 is 0 Å². The van der Waals surface area contributed by atoms with Crippen LogP contribution in [0.4, 0.5) is 0 Å². The Kier molecular flexibility index (Phi) is 9.52. The van der Waals surface area contributed by atoms with Gasteiger partial charge >= 0.3 is 0 Å². The summed E-state index contributed by atoms with van der Waals surface area (Å²) in [6.07, 6.45) is 1.65. The van der Waals surface area contributed by atoms with Crippen LogP contribution in [0, 0.1) is 13.8 Å². The summed E-state index contributed by atoms with van der Waals surface area (Å²) in [6, 6.07) is 10.0. The van der Waals surface area contributed by atoms with Gasteiger partial charge in [-0.05, 0) is 80.7 Å². The fraction of sp³-hybridized carbons (Fsp3) is 0.519. The van der Waals surface area contributed by atoms with E-state index in [4.69, 9.17) is 9.47 Å². The molecule has 1 aliphatic heterocycles. The molecule has 8 nitrogen and oxygen atoms in total. The number of amides is 1. The summed E-state index contributed by atoms with van der Waals surface area (Å²) >= 11 is 0. The molecule has 0 spiro atoms. The van der Waals surface area contributed by atoms with Gasteiger partial charge in [-0.3, -0.25) is 4.79 Å². The van der Waals surface area contributed by atoms with Crippen molar-refractivity contribution in [3.05, 3.63) is 58.1 Å². The van der Waals surface area contributed by atoms with Crippen molar-refractivity contribution in [3.63, 3.8) is 0 Å². The van der Waals surface area contributed by atoms with Crippen molar-refractivity contribution < 1.29 is 22.7 Å². The van der Waals surface area contributed by atoms with Gasteiger partial charge in [0.05, 0.1) is 18.6 Å². The number of nitrogens with zero attached hydrogens (tertiary/aromatic N) is 3. The number of aryl methyl sites for hydroxylation is 2. The molecule has 0 radical (unpaired) electrons. The van der Waals surface area contributed by atoms with Crippen molar-refractivity contribution >= 4 is 15.9 Å². The predicted molar refractivity (Wildman–Crippen MR) is 141 cm³/mol. The summed E-state index contributed by atoms with van der Waals surface area (Å²) in [4.78, 5) is 17.0. The highest BCUT2D eigenvalue weighted by atomic mass is 32.2. The normalized spacial score (nSPS) is 14.2. The van der Waals surface area contributed by atoms with E-state index in [1.165, 1.54) is 28.0 Å². The first-order valence-electron chi connectivity index (χ1n) is 12.3. The highest BCUT2D eigenvalue weighted by Crippen LogP contribution is 2.27. The van der Waals surface area contributed by atoms with Gasteiger partial charge in [0, 0.05) is 33.2 Å². The number of benzene rings is 2. The number of fused-ring (bicyclic) bond motifs is 1. The molecule has 0 fully saturated rings. The Hall–Kier alpha value is -2.46. The standard InChI is InChI=1S/C27H39N3O5S/c1-20-15-25(34-6)16-21(2)27(20)36(32,33)29(5)13-14-35-19-26(31)30-11-9-23-8-7-22(18-28(3)4)17-24(23)10-12-30/h7-8,15-17H,9-14,18-19H2,1-6H3. The third-order valence-electron chi connectivity index (χ3n) is 6.54. The zero-order chi connectivity index (χ0) is 26.5. The monoisotopic (exact) mass is 517 g/mol. The first kappa shape index (κ1) is 28.1. The van der Waals surface area contributed by atoms with Crippen molar-refractivity contribution in [1.82, 2.24) is 14.1 Å². The molecule has 198 valence electrons. The van der Waals surface area contributed by atoms with E-state index in [1.54, 1.807) is 33.1 Å². The van der Waals surface area contributed by atoms with Crippen molar-refractivity contribution in [1.29, 1.82) is 0 Å². The topological polar surface area (TPSA) is 79.4 Å². The molecule has 0 aromatic heterocycles. The predicted octanol–water partition coefficient (Wildman–Crippen LogP) is 2.64. The molecule has 36 heavy (non-hydrogen) atoms. The van der Waals surface area contributed by atoms with Crippen LogP contribution in [0.25, 0.3) is 0 Å². The smallest absolute Gasteiger partial charge is 0.248 e. The van der Waals surface area contributed by atoms with Crippen LogP contribution in [0.5, 0.6) is 5.75 Å². The highest BCUT2D eigenvalue weighted by Gasteiger charge is 2.25. The zero-order valence-corrected chi connectivity index (χ0v) is 23.2. The molecule has 3 rings (SSSR count). The maximum absolute atomic E-state index is 13.1. The lowest BCUT2D eigenvalue weighted by Gasteiger charge is -2.22. The van der Waals surface area contributed by atoms with Crippen LogP contribution in [0.15, 0.2) is 35.2 Å². The maximum atomic E-state index is 13.1. The number of hydrogen-bond acceptors (Lipinski definition) is 6. The number of carbonyl (C=O) groups excluding carboxylic acids is 1. The van der Waals surface area contributed by atoms with Crippen molar-refractivity contribution in [2.75, 3.05) is 61.1 Å². The molecule has 0 aliphatic carbocycles. The quantitative estimate of drug-likeness (QED) is 0.451. The first-order chi connectivity index (χ1) is 17.0. The number of methoxy groups -OCH3 is 1. The fourth-order valence-electron chi connectivity index (χ4n) is 4.65. The van der Waals surface area contributed by atoms with Crippen LogP contribution in [0.2, 0.25) is 0 Å². The Morgan fingerprint density at radius 3 is 2.25 bits per heavy atom. The van der Waals surface area contributed by atoms with E-state index in [1.807, 2.05) is 4.90 Å². The van der Waals surface area contributed by atoms with Crippen molar-refractivity contribution in [2.24, 2.45) is 0 Å². The fourth-order valence-corrected chi connectivity index (χ4v) is 6.20. The van der Waals surface area contributed by atoms with Crippen molar-refractivity contribution in [2.45, 2.75) is 38.1 Å². The summed E-state index contributed by atoms with van der Waals surface area (Å²) in [5.41, 5.74) is 5.14. The number of carbonyl (C=O) groups is 1. The van der Waals surface area contributed by atoms with Gasteiger partial charge in [0.2, 0.25) is 15.9 Å². The molecule has 2 aromatic rings. The lowest BCUT2D eigenvalue weighted by molar-refractivity contribution is -0.136.